The fourth-order valence-electron chi connectivity index (χ4n) is 0.482. The highest BCUT2D eigenvalue weighted by molar-refractivity contribution is 4.99. The smallest absolute Gasteiger partial charge is 0.289 e. The van der Waals surface area contributed by atoms with Crippen LogP contribution in [0, 0.1) is 17.6 Å². The third-order valence-electron chi connectivity index (χ3n) is 0.895. The zero-order valence-corrected chi connectivity index (χ0v) is 4.62. The van der Waals surface area contributed by atoms with Crippen LogP contribution in [0.3, 0.4) is 0 Å². The molecule has 1 N–H and O–H groups in total. The number of aromatic nitrogens is 1. The minimum atomic E-state index is -1.60. The maximum atomic E-state index is 12.0. The van der Waals surface area contributed by atoms with Crippen molar-refractivity contribution in [2.75, 3.05) is 0 Å². The number of H-pyrrole nitrogens is 1. The van der Waals surface area contributed by atoms with Crippen molar-refractivity contribution in [2.45, 2.75) is 0 Å². The Kier molecular flexibility index (Phi) is 1.48. The molecule has 54 valence electrons. The van der Waals surface area contributed by atoms with Crippen LogP contribution in [0.1, 0.15) is 0 Å². The van der Waals surface area contributed by atoms with Crippen LogP contribution in [0.4, 0.5) is 13.2 Å². The lowest BCUT2D eigenvalue weighted by molar-refractivity contribution is 0.469. The van der Waals surface area contributed by atoms with Gasteiger partial charge in [-0.2, -0.15) is 8.78 Å². The number of rotatable bonds is 0. The second-order valence-electron chi connectivity index (χ2n) is 1.61. The van der Waals surface area contributed by atoms with Gasteiger partial charge in [0.1, 0.15) is 0 Å². The largest absolute Gasteiger partial charge is 0.296 e. The highest BCUT2D eigenvalue weighted by atomic mass is 19.2. The average Bonchev–Trinajstić information content (AvgIpc) is 1.82. The fourth-order valence-corrected chi connectivity index (χ4v) is 0.482. The molecule has 0 bridgehead atoms. The summed E-state index contributed by atoms with van der Waals surface area (Å²) in [7, 11) is 0. The van der Waals surface area contributed by atoms with E-state index in [1.165, 1.54) is 4.98 Å². The molecule has 0 saturated heterocycles. The van der Waals surface area contributed by atoms with E-state index in [4.69, 9.17) is 0 Å². The molecule has 0 radical (unpaired) electrons. The first kappa shape index (κ1) is 6.85. The Morgan fingerprint density at radius 1 is 1.30 bits per heavy atom. The third-order valence-corrected chi connectivity index (χ3v) is 0.895. The van der Waals surface area contributed by atoms with Gasteiger partial charge in [0.25, 0.3) is 5.56 Å². The Balaban J connectivity index is 3.46. The molecule has 1 aromatic heterocycles. The van der Waals surface area contributed by atoms with E-state index in [9.17, 15) is 18.0 Å². The van der Waals surface area contributed by atoms with E-state index in [2.05, 4.69) is 0 Å². The Morgan fingerprint density at radius 3 is 2.40 bits per heavy atom. The number of aromatic amines is 1. The molecule has 1 heterocycles. The lowest BCUT2D eigenvalue weighted by atomic mass is 10.4. The van der Waals surface area contributed by atoms with Crippen LogP contribution in [-0.4, -0.2) is 4.98 Å². The first-order valence-electron chi connectivity index (χ1n) is 2.35. The SMILES string of the molecule is O=c1[nH]c(F)cc(F)c1F. The molecule has 0 aliphatic rings. The van der Waals surface area contributed by atoms with Crippen LogP contribution in [-0.2, 0) is 0 Å². The number of hydrogen-bond acceptors (Lipinski definition) is 1. The van der Waals surface area contributed by atoms with E-state index in [1.807, 2.05) is 0 Å². The Labute approximate surface area is 53.3 Å². The molecule has 0 spiro atoms. The van der Waals surface area contributed by atoms with Gasteiger partial charge in [-0.25, -0.2) is 4.39 Å². The Hall–Kier alpha value is -1.26. The summed E-state index contributed by atoms with van der Waals surface area (Å²) < 4.78 is 36.0. The van der Waals surface area contributed by atoms with Gasteiger partial charge in [0, 0.05) is 6.07 Å². The van der Waals surface area contributed by atoms with Gasteiger partial charge < -0.3 is 0 Å². The Bertz CT molecular complexity index is 306. The van der Waals surface area contributed by atoms with Crippen molar-refractivity contribution in [3.8, 4) is 0 Å². The van der Waals surface area contributed by atoms with Crippen LogP contribution in [0.2, 0.25) is 0 Å². The van der Waals surface area contributed by atoms with Crippen LogP contribution in [0.25, 0.3) is 0 Å². The summed E-state index contributed by atoms with van der Waals surface area (Å²) in [5, 5.41) is 0. The average molecular weight is 149 g/mol. The summed E-state index contributed by atoms with van der Waals surface area (Å²) in [5.41, 5.74) is -1.39. The van der Waals surface area contributed by atoms with Gasteiger partial charge in [-0.05, 0) is 0 Å². The summed E-state index contributed by atoms with van der Waals surface area (Å²) >= 11 is 0. The molecule has 0 saturated carbocycles. The molecule has 10 heavy (non-hydrogen) atoms. The normalized spacial score (nSPS) is 9.90. The van der Waals surface area contributed by atoms with Gasteiger partial charge in [-0.1, -0.05) is 0 Å². The molecular formula is C5H2F3NO. The molecule has 0 aromatic carbocycles. The summed E-state index contributed by atoms with van der Waals surface area (Å²) in [4.78, 5) is 11.6. The molecule has 0 fully saturated rings. The fraction of sp³-hybridized carbons (Fsp3) is 0. The first-order valence-corrected chi connectivity index (χ1v) is 2.35. The van der Waals surface area contributed by atoms with E-state index in [0.29, 0.717) is 0 Å². The molecule has 0 amide bonds. The van der Waals surface area contributed by atoms with Crippen molar-refractivity contribution in [2.24, 2.45) is 0 Å². The van der Waals surface area contributed by atoms with Gasteiger partial charge in [0.15, 0.2) is 11.8 Å². The summed E-state index contributed by atoms with van der Waals surface area (Å²) in [5.74, 6) is -4.27. The van der Waals surface area contributed by atoms with Crippen LogP contribution in [0.15, 0.2) is 10.9 Å². The summed E-state index contributed by atoms with van der Waals surface area (Å²) in [6.07, 6.45) is 0. The van der Waals surface area contributed by atoms with E-state index >= 15 is 0 Å². The van der Waals surface area contributed by atoms with Gasteiger partial charge >= 0.3 is 0 Å². The Morgan fingerprint density at radius 2 is 1.90 bits per heavy atom. The lowest BCUT2D eigenvalue weighted by Crippen LogP contribution is -2.14. The minimum absolute atomic E-state index is 0.261. The molecule has 2 nitrogen and oxygen atoms in total. The molecule has 0 aliphatic carbocycles. The zero-order chi connectivity index (χ0) is 7.72. The zero-order valence-electron chi connectivity index (χ0n) is 4.62. The van der Waals surface area contributed by atoms with E-state index in [0.717, 1.165) is 0 Å². The summed E-state index contributed by atoms with van der Waals surface area (Å²) in [6.45, 7) is 0. The van der Waals surface area contributed by atoms with Crippen LogP contribution < -0.4 is 5.56 Å². The van der Waals surface area contributed by atoms with E-state index in [-0.39, 0.29) is 6.07 Å². The topological polar surface area (TPSA) is 32.9 Å². The number of nitrogens with one attached hydrogen (secondary N) is 1. The van der Waals surface area contributed by atoms with Crippen molar-refractivity contribution in [1.82, 2.24) is 4.98 Å². The van der Waals surface area contributed by atoms with E-state index < -0.39 is 23.1 Å². The molecular weight excluding hydrogens is 147 g/mol. The number of pyridine rings is 1. The van der Waals surface area contributed by atoms with Gasteiger partial charge in [-0.3, -0.25) is 9.78 Å². The highest BCUT2D eigenvalue weighted by Crippen LogP contribution is 1.98. The highest BCUT2D eigenvalue weighted by Gasteiger charge is 2.06. The quantitative estimate of drug-likeness (QED) is 0.543. The summed E-state index contributed by atoms with van der Waals surface area (Å²) in [6, 6.07) is 0.261. The predicted octanol–water partition coefficient (Wildman–Crippen LogP) is 0.792. The van der Waals surface area contributed by atoms with Gasteiger partial charge in [0.05, 0.1) is 0 Å². The molecule has 1 aromatic rings. The molecule has 5 heteroatoms. The lowest BCUT2D eigenvalue weighted by Gasteiger charge is -1.89. The standard InChI is InChI=1S/C5H2F3NO/c6-2-1-3(7)9-5(10)4(2)8/h1H,(H,9,10). The second kappa shape index (κ2) is 2.17. The second-order valence-corrected chi connectivity index (χ2v) is 1.61. The van der Waals surface area contributed by atoms with Crippen molar-refractivity contribution >= 4 is 0 Å². The minimum Gasteiger partial charge on any atom is -0.296 e. The van der Waals surface area contributed by atoms with E-state index in [1.54, 1.807) is 0 Å². The maximum absolute atomic E-state index is 12.0. The third kappa shape index (κ3) is 1.02. The van der Waals surface area contributed by atoms with Crippen molar-refractivity contribution in [1.29, 1.82) is 0 Å². The molecule has 1 rings (SSSR count). The molecule has 0 atom stereocenters. The van der Waals surface area contributed by atoms with Crippen molar-refractivity contribution in [3.05, 3.63) is 34.0 Å². The molecule has 0 unspecified atom stereocenters. The van der Waals surface area contributed by atoms with Crippen molar-refractivity contribution in [3.63, 3.8) is 0 Å². The van der Waals surface area contributed by atoms with Crippen LogP contribution >= 0.6 is 0 Å². The maximum Gasteiger partial charge on any atom is 0.289 e. The van der Waals surface area contributed by atoms with Crippen molar-refractivity contribution < 1.29 is 13.2 Å². The molecule has 0 aliphatic heterocycles. The van der Waals surface area contributed by atoms with Crippen LogP contribution in [0.5, 0.6) is 0 Å². The first-order chi connectivity index (χ1) is 4.61. The number of halogens is 3. The van der Waals surface area contributed by atoms with Gasteiger partial charge in [0.2, 0.25) is 5.82 Å². The predicted molar refractivity (Wildman–Crippen MR) is 26.9 cm³/mol. The monoisotopic (exact) mass is 149 g/mol. The van der Waals surface area contributed by atoms with Gasteiger partial charge in [-0.15, -0.1) is 0 Å². The number of hydrogen-bond donors (Lipinski definition) is 1.